The Morgan fingerprint density at radius 2 is 1.58 bits per heavy atom. The summed E-state index contributed by atoms with van der Waals surface area (Å²) in [7, 11) is 0. The van der Waals surface area contributed by atoms with Crippen LogP contribution in [0.3, 0.4) is 0 Å². The second kappa shape index (κ2) is 10.7. The van der Waals surface area contributed by atoms with Crippen molar-refractivity contribution in [2.24, 2.45) is 11.5 Å². The predicted octanol–water partition coefficient (Wildman–Crippen LogP) is 3.57. The molecule has 0 atom stereocenters. The molecule has 2 aromatic carbocycles. The molecule has 1 saturated heterocycles. The number of primary amides is 2. The fraction of sp³-hybridized carbons (Fsp3) is 0.217. The summed E-state index contributed by atoms with van der Waals surface area (Å²) in [5.74, 6) is -0.911. The van der Waals surface area contributed by atoms with Gasteiger partial charge in [0.1, 0.15) is 6.10 Å². The van der Waals surface area contributed by atoms with Gasteiger partial charge >= 0.3 is 0 Å². The Bertz CT molecular complexity index is 1020. The fourth-order valence-corrected chi connectivity index (χ4v) is 3.74. The van der Waals surface area contributed by atoms with Crippen LogP contribution in [0.1, 0.15) is 33.6 Å². The molecule has 0 aliphatic carbocycles. The van der Waals surface area contributed by atoms with Gasteiger partial charge in [-0.2, -0.15) is 11.3 Å². The number of carbonyl (C=O) groups excluding carboxylic acids is 2. The molecule has 2 heterocycles. The zero-order valence-corrected chi connectivity index (χ0v) is 17.7. The lowest BCUT2D eigenvalue weighted by Crippen LogP contribution is -2.34. The first-order valence-electron chi connectivity index (χ1n) is 9.83. The highest BCUT2D eigenvalue weighted by atomic mass is 32.1. The molecule has 4 rings (SSSR count). The van der Waals surface area contributed by atoms with Crippen LogP contribution in [0.15, 0.2) is 59.3 Å². The molecule has 1 aliphatic rings. The first-order valence-corrected chi connectivity index (χ1v) is 10.8. The van der Waals surface area contributed by atoms with Crippen molar-refractivity contribution in [2.75, 3.05) is 13.1 Å². The van der Waals surface area contributed by atoms with Crippen LogP contribution in [0.4, 0.5) is 4.39 Å². The van der Waals surface area contributed by atoms with Gasteiger partial charge in [0, 0.05) is 16.5 Å². The molecule has 8 heteroatoms. The van der Waals surface area contributed by atoms with Gasteiger partial charge in [-0.05, 0) is 72.8 Å². The summed E-state index contributed by atoms with van der Waals surface area (Å²) in [6.07, 6.45) is 1.78. The van der Waals surface area contributed by atoms with E-state index in [2.05, 4.69) is 5.32 Å². The third-order valence-corrected chi connectivity index (χ3v) is 5.50. The first kappa shape index (κ1) is 22.5. The number of ether oxygens (including phenoxy) is 1. The fourth-order valence-electron chi connectivity index (χ4n) is 3.10. The van der Waals surface area contributed by atoms with E-state index in [9.17, 15) is 14.0 Å². The van der Waals surface area contributed by atoms with Gasteiger partial charge in [-0.3, -0.25) is 9.59 Å². The Kier molecular flexibility index (Phi) is 7.75. The van der Waals surface area contributed by atoms with Crippen molar-refractivity contribution < 1.29 is 18.7 Å². The Hall–Kier alpha value is -3.23. The zero-order valence-electron chi connectivity index (χ0n) is 16.8. The van der Waals surface area contributed by atoms with E-state index in [1.165, 1.54) is 17.4 Å². The molecule has 1 aliphatic heterocycles. The minimum atomic E-state index is -0.467. The van der Waals surface area contributed by atoms with E-state index in [0.29, 0.717) is 11.1 Å². The van der Waals surface area contributed by atoms with Crippen LogP contribution >= 0.6 is 11.3 Å². The average molecular weight is 442 g/mol. The number of rotatable bonds is 5. The SMILES string of the molecule is NC(=O)c1ccc(-c2ccc(F)c(OC3CCNCC3)c2)cc1.NC(=O)c1ccsc1. The first-order chi connectivity index (χ1) is 14.9. The normalized spacial score (nSPS) is 13.7. The third-order valence-electron chi connectivity index (χ3n) is 4.82. The van der Waals surface area contributed by atoms with Gasteiger partial charge in [-0.25, -0.2) is 4.39 Å². The molecule has 1 aromatic heterocycles. The second-order valence-corrected chi connectivity index (χ2v) is 7.81. The summed E-state index contributed by atoms with van der Waals surface area (Å²) in [5, 5.41) is 6.80. The highest BCUT2D eigenvalue weighted by molar-refractivity contribution is 7.08. The molecular weight excluding hydrogens is 417 g/mol. The quantitative estimate of drug-likeness (QED) is 0.563. The van der Waals surface area contributed by atoms with Gasteiger partial charge in [-0.1, -0.05) is 18.2 Å². The van der Waals surface area contributed by atoms with E-state index in [4.69, 9.17) is 16.2 Å². The number of piperidine rings is 1. The van der Waals surface area contributed by atoms with E-state index in [0.717, 1.165) is 37.1 Å². The molecule has 3 aromatic rings. The Morgan fingerprint density at radius 3 is 2.13 bits per heavy atom. The van der Waals surface area contributed by atoms with Crippen molar-refractivity contribution in [3.8, 4) is 16.9 Å². The van der Waals surface area contributed by atoms with Gasteiger partial charge < -0.3 is 21.5 Å². The average Bonchev–Trinajstić information content (AvgIpc) is 3.32. The van der Waals surface area contributed by atoms with Crippen LogP contribution in [0, 0.1) is 5.82 Å². The Balaban J connectivity index is 0.000000287. The third kappa shape index (κ3) is 6.37. The van der Waals surface area contributed by atoms with Gasteiger partial charge in [0.2, 0.25) is 11.8 Å². The van der Waals surface area contributed by atoms with Crippen LogP contribution in [0.5, 0.6) is 5.75 Å². The molecule has 5 N–H and O–H groups in total. The summed E-state index contributed by atoms with van der Waals surface area (Å²) in [5.41, 5.74) is 12.9. The van der Waals surface area contributed by atoms with E-state index in [1.807, 2.05) is 5.38 Å². The van der Waals surface area contributed by atoms with Gasteiger partial charge in [0.05, 0.1) is 0 Å². The van der Waals surface area contributed by atoms with Gasteiger partial charge in [0.15, 0.2) is 11.6 Å². The van der Waals surface area contributed by atoms with Crippen LogP contribution < -0.4 is 21.5 Å². The molecule has 2 amide bonds. The van der Waals surface area contributed by atoms with Gasteiger partial charge in [-0.15, -0.1) is 0 Å². The summed E-state index contributed by atoms with van der Waals surface area (Å²) < 4.78 is 19.8. The Morgan fingerprint density at radius 1 is 0.935 bits per heavy atom. The summed E-state index contributed by atoms with van der Waals surface area (Å²) in [6.45, 7) is 1.78. The molecule has 0 unspecified atom stereocenters. The second-order valence-electron chi connectivity index (χ2n) is 7.03. The molecular formula is C23H24FN3O3S. The monoisotopic (exact) mass is 441 g/mol. The minimum Gasteiger partial charge on any atom is -0.487 e. The Labute approximate surface area is 184 Å². The molecule has 6 nitrogen and oxygen atoms in total. The molecule has 0 saturated carbocycles. The van der Waals surface area contributed by atoms with Crippen molar-refractivity contribution in [3.63, 3.8) is 0 Å². The molecule has 0 bridgehead atoms. The number of thiophene rings is 1. The lowest BCUT2D eigenvalue weighted by molar-refractivity contribution is 0.0992. The van der Waals surface area contributed by atoms with Crippen LogP contribution in [0.25, 0.3) is 11.1 Å². The largest absolute Gasteiger partial charge is 0.487 e. The lowest BCUT2D eigenvalue weighted by atomic mass is 10.0. The molecule has 1 fully saturated rings. The minimum absolute atomic E-state index is 0.0400. The van der Waals surface area contributed by atoms with Crippen LogP contribution in [-0.2, 0) is 0 Å². The molecule has 0 spiro atoms. The number of hydrogen-bond acceptors (Lipinski definition) is 5. The molecule has 162 valence electrons. The lowest BCUT2D eigenvalue weighted by Gasteiger charge is -2.24. The van der Waals surface area contributed by atoms with E-state index < -0.39 is 5.91 Å². The maximum Gasteiger partial charge on any atom is 0.249 e. The highest BCUT2D eigenvalue weighted by Gasteiger charge is 2.17. The summed E-state index contributed by atoms with van der Waals surface area (Å²) in [4.78, 5) is 21.4. The van der Waals surface area contributed by atoms with E-state index in [-0.39, 0.29) is 23.6 Å². The maximum absolute atomic E-state index is 14.0. The van der Waals surface area contributed by atoms with Crippen LogP contribution in [0.2, 0.25) is 0 Å². The summed E-state index contributed by atoms with van der Waals surface area (Å²) >= 11 is 1.47. The topological polar surface area (TPSA) is 107 Å². The van der Waals surface area contributed by atoms with Crippen molar-refractivity contribution in [3.05, 3.63) is 76.2 Å². The number of nitrogens with two attached hydrogens (primary N) is 2. The van der Waals surface area contributed by atoms with Gasteiger partial charge in [0.25, 0.3) is 0 Å². The number of nitrogens with one attached hydrogen (secondary N) is 1. The van der Waals surface area contributed by atoms with Crippen molar-refractivity contribution in [2.45, 2.75) is 18.9 Å². The van der Waals surface area contributed by atoms with E-state index in [1.54, 1.807) is 47.8 Å². The van der Waals surface area contributed by atoms with Crippen molar-refractivity contribution in [1.29, 1.82) is 0 Å². The van der Waals surface area contributed by atoms with Crippen LogP contribution in [-0.4, -0.2) is 31.0 Å². The predicted molar refractivity (Wildman–Crippen MR) is 120 cm³/mol. The molecule has 31 heavy (non-hydrogen) atoms. The zero-order chi connectivity index (χ0) is 22.2. The number of benzene rings is 2. The number of amides is 2. The van der Waals surface area contributed by atoms with Crippen molar-refractivity contribution in [1.82, 2.24) is 5.32 Å². The highest BCUT2D eigenvalue weighted by Crippen LogP contribution is 2.28. The molecule has 0 radical (unpaired) electrons. The number of hydrogen-bond donors (Lipinski definition) is 3. The van der Waals surface area contributed by atoms with E-state index >= 15 is 0 Å². The smallest absolute Gasteiger partial charge is 0.249 e. The standard InChI is InChI=1S/C18H19FN2O2.C5H5NOS/c19-16-6-5-14(12-1-3-13(4-2-12)18(20)22)11-17(16)23-15-7-9-21-10-8-15;6-5(7)4-1-2-8-3-4/h1-6,11,15,21H,7-10H2,(H2,20,22);1-3H,(H2,6,7). The number of halogens is 1. The number of carbonyl (C=O) groups is 2. The van der Waals surface area contributed by atoms with Crippen molar-refractivity contribution >= 4 is 23.2 Å². The maximum atomic E-state index is 14.0. The summed E-state index contributed by atoms with van der Waals surface area (Å²) in [6, 6.07) is 13.4.